The Bertz CT molecular complexity index is 366. The van der Waals surface area contributed by atoms with E-state index in [0.717, 1.165) is 12.8 Å². The predicted octanol–water partition coefficient (Wildman–Crippen LogP) is -0.0281. The number of nitrogens with zero attached hydrogens (tertiary/aromatic N) is 2. The molecule has 1 amide bonds. The molecule has 0 spiro atoms. The molecule has 0 fully saturated rings. The molecule has 0 aromatic rings. The van der Waals surface area contributed by atoms with E-state index >= 15 is 0 Å². The van der Waals surface area contributed by atoms with E-state index in [1.807, 2.05) is 32.8 Å². The van der Waals surface area contributed by atoms with Crippen LogP contribution in [0.25, 0.3) is 0 Å². The van der Waals surface area contributed by atoms with Crippen molar-refractivity contribution in [1.82, 2.24) is 14.5 Å². The van der Waals surface area contributed by atoms with Crippen LogP contribution in [0.4, 0.5) is 0 Å². The second-order valence-electron chi connectivity index (χ2n) is 5.45. The molecule has 0 aromatic carbocycles. The van der Waals surface area contributed by atoms with E-state index in [2.05, 4.69) is 5.32 Å². The zero-order valence-corrected chi connectivity index (χ0v) is 13.5. The number of carbonyl (C=O) groups is 1. The molecule has 114 valence electrons. The monoisotopic (exact) mass is 293 g/mol. The Labute approximate surface area is 117 Å². The summed E-state index contributed by atoms with van der Waals surface area (Å²) in [5.74, 6) is 0.105. The van der Waals surface area contributed by atoms with Crippen LogP contribution in [0.1, 0.15) is 20.3 Å². The van der Waals surface area contributed by atoms with Gasteiger partial charge >= 0.3 is 0 Å². The molecular weight excluding hydrogens is 266 g/mol. The Morgan fingerprint density at radius 2 is 1.79 bits per heavy atom. The van der Waals surface area contributed by atoms with Gasteiger partial charge in [0.05, 0.1) is 12.8 Å². The van der Waals surface area contributed by atoms with Gasteiger partial charge in [0.2, 0.25) is 15.9 Å². The van der Waals surface area contributed by atoms with Gasteiger partial charge in [0.25, 0.3) is 0 Å². The molecule has 1 N–H and O–H groups in total. The first kappa shape index (κ1) is 18.3. The summed E-state index contributed by atoms with van der Waals surface area (Å²) in [4.78, 5) is 13.7. The van der Waals surface area contributed by atoms with Crippen molar-refractivity contribution in [3.05, 3.63) is 0 Å². The summed E-state index contributed by atoms with van der Waals surface area (Å²) in [5.41, 5.74) is 0. The van der Waals surface area contributed by atoms with E-state index in [1.54, 1.807) is 0 Å². The third-order valence-corrected chi connectivity index (χ3v) is 3.76. The molecule has 0 saturated carbocycles. The van der Waals surface area contributed by atoms with Crippen LogP contribution in [0.3, 0.4) is 0 Å². The van der Waals surface area contributed by atoms with Gasteiger partial charge in [-0.05, 0) is 33.0 Å². The number of hydrogen-bond acceptors (Lipinski definition) is 4. The van der Waals surface area contributed by atoms with Gasteiger partial charge in [0.1, 0.15) is 0 Å². The van der Waals surface area contributed by atoms with Crippen LogP contribution in [0.15, 0.2) is 0 Å². The molecule has 0 aliphatic heterocycles. The van der Waals surface area contributed by atoms with Crippen LogP contribution in [0.5, 0.6) is 0 Å². The molecule has 19 heavy (non-hydrogen) atoms. The number of rotatable bonds is 9. The average molecular weight is 293 g/mol. The zero-order chi connectivity index (χ0) is 15.1. The van der Waals surface area contributed by atoms with Crippen molar-refractivity contribution in [2.75, 3.05) is 46.5 Å². The van der Waals surface area contributed by atoms with E-state index in [-0.39, 0.29) is 12.5 Å². The first-order chi connectivity index (χ1) is 8.62. The molecule has 0 heterocycles. The van der Waals surface area contributed by atoms with Crippen LogP contribution in [0, 0.1) is 5.92 Å². The standard InChI is InChI=1S/C12H27N3O3S/c1-11(2)9-13-12(16)10-15(19(5,17)18)8-6-7-14(3)4/h11H,6-10H2,1-5H3,(H,13,16). The third kappa shape index (κ3) is 9.86. The molecular formula is C12H27N3O3S. The van der Waals surface area contributed by atoms with Crippen molar-refractivity contribution in [2.24, 2.45) is 5.92 Å². The lowest BCUT2D eigenvalue weighted by molar-refractivity contribution is -0.121. The first-order valence-electron chi connectivity index (χ1n) is 6.49. The van der Waals surface area contributed by atoms with Gasteiger partial charge in [0.15, 0.2) is 0 Å². The Hall–Kier alpha value is -0.660. The Morgan fingerprint density at radius 3 is 2.21 bits per heavy atom. The average Bonchev–Trinajstić information content (AvgIpc) is 2.23. The van der Waals surface area contributed by atoms with Gasteiger partial charge in [-0.1, -0.05) is 13.8 Å². The molecule has 0 rings (SSSR count). The predicted molar refractivity (Wildman–Crippen MR) is 77.4 cm³/mol. The maximum atomic E-state index is 11.7. The summed E-state index contributed by atoms with van der Waals surface area (Å²) in [6.07, 6.45) is 1.84. The summed E-state index contributed by atoms with van der Waals surface area (Å²) in [6, 6.07) is 0. The SMILES string of the molecule is CC(C)CNC(=O)CN(CCCN(C)C)S(C)(=O)=O. The van der Waals surface area contributed by atoms with Crippen LogP contribution < -0.4 is 5.32 Å². The molecule has 0 atom stereocenters. The zero-order valence-electron chi connectivity index (χ0n) is 12.6. The van der Waals surface area contributed by atoms with Crippen molar-refractivity contribution in [3.63, 3.8) is 0 Å². The maximum absolute atomic E-state index is 11.7. The highest BCUT2D eigenvalue weighted by Gasteiger charge is 2.19. The quantitative estimate of drug-likeness (QED) is 0.648. The number of carbonyl (C=O) groups excluding carboxylic acids is 1. The third-order valence-electron chi connectivity index (χ3n) is 2.51. The van der Waals surface area contributed by atoms with E-state index in [0.29, 0.717) is 25.4 Å². The van der Waals surface area contributed by atoms with Crippen LogP contribution in [0.2, 0.25) is 0 Å². The fourth-order valence-electron chi connectivity index (χ4n) is 1.46. The van der Waals surface area contributed by atoms with E-state index in [1.165, 1.54) is 4.31 Å². The fourth-order valence-corrected chi connectivity index (χ4v) is 2.27. The summed E-state index contributed by atoms with van der Waals surface area (Å²) < 4.78 is 24.5. The van der Waals surface area contributed by atoms with Gasteiger partial charge in [-0.15, -0.1) is 0 Å². The maximum Gasteiger partial charge on any atom is 0.235 e. The number of amides is 1. The van der Waals surface area contributed by atoms with E-state index in [9.17, 15) is 13.2 Å². The minimum Gasteiger partial charge on any atom is -0.355 e. The Kier molecular flexibility index (Phi) is 8.20. The molecule has 0 radical (unpaired) electrons. The molecule has 0 aliphatic carbocycles. The highest BCUT2D eigenvalue weighted by atomic mass is 32.2. The highest BCUT2D eigenvalue weighted by Crippen LogP contribution is 2.00. The van der Waals surface area contributed by atoms with Gasteiger partial charge in [-0.25, -0.2) is 8.42 Å². The van der Waals surface area contributed by atoms with Gasteiger partial charge in [-0.3, -0.25) is 4.79 Å². The second kappa shape index (κ2) is 8.50. The summed E-state index contributed by atoms with van der Waals surface area (Å²) in [5, 5.41) is 2.73. The molecule has 0 unspecified atom stereocenters. The lowest BCUT2D eigenvalue weighted by atomic mass is 10.2. The summed E-state index contributed by atoms with van der Waals surface area (Å²) in [6.45, 7) is 5.61. The Morgan fingerprint density at radius 1 is 1.21 bits per heavy atom. The van der Waals surface area contributed by atoms with Crippen LogP contribution >= 0.6 is 0 Å². The lowest BCUT2D eigenvalue weighted by Gasteiger charge is -2.20. The first-order valence-corrected chi connectivity index (χ1v) is 8.34. The van der Waals surface area contributed by atoms with Gasteiger partial charge in [-0.2, -0.15) is 4.31 Å². The smallest absolute Gasteiger partial charge is 0.235 e. The van der Waals surface area contributed by atoms with Gasteiger partial charge < -0.3 is 10.2 Å². The molecule has 0 aliphatic rings. The van der Waals surface area contributed by atoms with Crippen molar-refractivity contribution in [2.45, 2.75) is 20.3 Å². The molecule has 6 nitrogen and oxygen atoms in total. The van der Waals surface area contributed by atoms with E-state index in [4.69, 9.17) is 0 Å². The minimum absolute atomic E-state index is 0.0982. The van der Waals surface area contributed by atoms with Crippen LogP contribution in [-0.4, -0.2) is 70.1 Å². The van der Waals surface area contributed by atoms with Crippen molar-refractivity contribution in [1.29, 1.82) is 0 Å². The van der Waals surface area contributed by atoms with Gasteiger partial charge in [0, 0.05) is 13.1 Å². The van der Waals surface area contributed by atoms with Crippen molar-refractivity contribution >= 4 is 15.9 Å². The highest BCUT2D eigenvalue weighted by molar-refractivity contribution is 7.88. The van der Waals surface area contributed by atoms with Crippen LogP contribution in [-0.2, 0) is 14.8 Å². The fraction of sp³-hybridized carbons (Fsp3) is 0.917. The summed E-state index contributed by atoms with van der Waals surface area (Å²) in [7, 11) is 0.519. The minimum atomic E-state index is -3.34. The van der Waals surface area contributed by atoms with Crippen molar-refractivity contribution < 1.29 is 13.2 Å². The molecule has 0 bridgehead atoms. The second-order valence-corrected chi connectivity index (χ2v) is 7.43. The number of sulfonamides is 1. The molecule has 0 saturated heterocycles. The molecule has 7 heteroatoms. The topological polar surface area (TPSA) is 69.7 Å². The lowest BCUT2D eigenvalue weighted by Crippen LogP contribution is -2.42. The number of hydrogen-bond donors (Lipinski definition) is 1. The Balaban J connectivity index is 4.33. The normalized spacial score (nSPS) is 12.4. The largest absolute Gasteiger partial charge is 0.355 e. The number of nitrogens with one attached hydrogen (secondary N) is 1. The van der Waals surface area contributed by atoms with E-state index < -0.39 is 10.0 Å². The summed E-state index contributed by atoms with van der Waals surface area (Å²) >= 11 is 0. The molecule has 0 aromatic heterocycles. The van der Waals surface area contributed by atoms with Crippen molar-refractivity contribution in [3.8, 4) is 0 Å².